The zero-order chi connectivity index (χ0) is 15.7. The van der Waals surface area contributed by atoms with Crippen LogP contribution in [0.25, 0.3) is 21.8 Å². The van der Waals surface area contributed by atoms with Gasteiger partial charge in [-0.25, -0.2) is 0 Å². The number of H-pyrrole nitrogens is 1. The van der Waals surface area contributed by atoms with Crippen LogP contribution in [0.1, 0.15) is 6.92 Å². The van der Waals surface area contributed by atoms with E-state index < -0.39 is 17.1 Å². The number of nitrogens with one attached hydrogen (secondary N) is 1. The summed E-state index contributed by atoms with van der Waals surface area (Å²) in [5.74, 6) is -0.551. The van der Waals surface area contributed by atoms with Crippen molar-refractivity contribution in [1.82, 2.24) is 9.55 Å². The van der Waals surface area contributed by atoms with E-state index in [4.69, 9.17) is 4.74 Å². The first-order valence-corrected chi connectivity index (χ1v) is 6.92. The Kier molecular flexibility index (Phi) is 3.50. The maximum atomic E-state index is 12.1. The van der Waals surface area contributed by atoms with E-state index in [9.17, 15) is 14.4 Å². The van der Waals surface area contributed by atoms with Crippen molar-refractivity contribution in [3.05, 3.63) is 57.1 Å². The van der Waals surface area contributed by atoms with Crippen LogP contribution in [0.4, 0.5) is 0 Å². The van der Waals surface area contributed by atoms with Crippen molar-refractivity contribution in [3.63, 3.8) is 0 Å². The Balaban J connectivity index is 2.33. The van der Waals surface area contributed by atoms with Gasteiger partial charge in [-0.05, 0) is 18.4 Å². The van der Waals surface area contributed by atoms with Crippen LogP contribution in [0, 0.1) is 0 Å². The summed E-state index contributed by atoms with van der Waals surface area (Å²) in [7, 11) is 0. The van der Waals surface area contributed by atoms with Gasteiger partial charge in [0.25, 0.3) is 0 Å². The molecule has 0 spiro atoms. The van der Waals surface area contributed by atoms with E-state index in [1.165, 1.54) is 0 Å². The van der Waals surface area contributed by atoms with E-state index in [1.807, 2.05) is 30.3 Å². The molecule has 3 aromatic rings. The molecule has 22 heavy (non-hydrogen) atoms. The molecule has 0 bridgehead atoms. The number of carbonyl (C=O) groups excluding carboxylic acids is 1. The van der Waals surface area contributed by atoms with Gasteiger partial charge >= 0.3 is 17.1 Å². The van der Waals surface area contributed by atoms with E-state index in [2.05, 4.69) is 4.98 Å². The van der Waals surface area contributed by atoms with Gasteiger partial charge in [0, 0.05) is 5.39 Å². The zero-order valence-corrected chi connectivity index (χ0v) is 12.0. The van der Waals surface area contributed by atoms with Gasteiger partial charge < -0.3 is 9.72 Å². The SMILES string of the molecule is CCOC(=O)Cn1c(=O)c(=O)[nH]c2c3ccccc3ccc21. The van der Waals surface area contributed by atoms with Crippen LogP contribution < -0.4 is 11.1 Å². The molecule has 1 N–H and O–H groups in total. The maximum absolute atomic E-state index is 12.1. The fraction of sp³-hybridized carbons (Fsp3) is 0.188. The first-order valence-electron chi connectivity index (χ1n) is 6.92. The van der Waals surface area contributed by atoms with Crippen molar-refractivity contribution in [3.8, 4) is 0 Å². The normalized spacial score (nSPS) is 11.0. The lowest BCUT2D eigenvalue weighted by atomic mass is 10.1. The lowest BCUT2D eigenvalue weighted by Gasteiger charge is -2.10. The third kappa shape index (κ3) is 2.28. The Labute approximate surface area is 125 Å². The molecule has 0 amide bonds. The van der Waals surface area contributed by atoms with Gasteiger partial charge in [-0.3, -0.25) is 19.0 Å². The number of hydrogen-bond donors (Lipinski definition) is 1. The van der Waals surface area contributed by atoms with E-state index in [0.717, 1.165) is 15.3 Å². The van der Waals surface area contributed by atoms with Crippen molar-refractivity contribution in [2.24, 2.45) is 0 Å². The second kappa shape index (κ2) is 5.48. The van der Waals surface area contributed by atoms with Gasteiger partial charge in [0.2, 0.25) is 0 Å². The topological polar surface area (TPSA) is 81.2 Å². The number of nitrogens with zero attached hydrogens (tertiary/aromatic N) is 1. The smallest absolute Gasteiger partial charge is 0.326 e. The molecule has 6 nitrogen and oxygen atoms in total. The molecular formula is C16H14N2O4. The van der Waals surface area contributed by atoms with Crippen molar-refractivity contribution in [2.75, 3.05) is 6.61 Å². The Morgan fingerprint density at radius 2 is 1.95 bits per heavy atom. The second-order valence-electron chi connectivity index (χ2n) is 4.83. The predicted octanol–water partition coefficient (Wildman–Crippen LogP) is 1.41. The average molecular weight is 298 g/mol. The molecule has 0 unspecified atom stereocenters. The van der Waals surface area contributed by atoms with Gasteiger partial charge in [0.05, 0.1) is 17.6 Å². The summed E-state index contributed by atoms with van der Waals surface area (Å²) < 4.78 is 6.02. The van der Waals surface area contributed by atoms with Crippen LogP contribution in [0.15, 0.2) is 46.0 Å². The fourth-order valence-corrected chi connectivity index (χ4v) is 2.51. The highest BCUT2D eigenvalue weighted by Crippen LogP contribution is 2.21. The molecule has 0 aliphatic heterocycles. The number of ether oxygens (including phenoxy) is 1. The molecule has 0 aliphatic carbocycles. The largest absolute Gasteiger partial charge is 0.465 e. The molecule has 3 rings (SSSR count). The molecular weight excluding hydrogens is 284 g/mol. The number of aromatic amines is 1. The summed E-state index contributed by atoms with van der Waals surface area (Å²) in [4.78, 5) is 38.3. The highest BCUT2D eigenvalue weighted by Gasteiger charge is 2.13. The second-order valence-corrected chi connectivity index (χ2v) is 4.83. The first-order chi connectivity index (χ1) is 10.6. The molecule has 112 valence electrons. The summed E-state index contributed by atoms with van der Waals surface area (Å²) in [6.45, 7) is 1.62. The minimum atomic E-state index is -0.768. The van der Waals surface area contributed by atoms with E-state index in [1.54, 1.807) is 13.0 Å². The molecule has 0 saturated carbocycles. The highest BCUT2D eigenvalue weighted by atomic mass is 16.5. The Morgan fingerprint density at radius 1 is 1.18 bits per heavy atom. The summed E-state index contributed by atoms with van der Waals surface area (Å²) >= 11 is 0. The third-order valence-corrected chi connectivity index (χ3v) is 3.47. The minimum absolute atomic E-state index is 0.220. The van der Waals surface area contributed by atoms with E-state index >= 15 is 0 Å². The Hall–Kier alpha value is -2.89. The summed E-state index contributed by atoms with van der Waals surface area (Å²) in [6.07, 6.45) is 0. The molecule has 0 atom stereocenters. The first kappa shape index (κ1) is 14.1. The quantitative estimate of drug-likeness (QED) is 0.450. The molecule has 2 aromatic carbocycles. The number of fused-ring (bicyclic) bond motifs is 3. The lowest BCUT2D eigenvalue weighted by Crippen LogP contribution is -2.38. The number of rotatable bonds is 3. The van der Waals surface area contributed by atoms with Crippen LogP contribution in [0.2, 0.25) is 0 Å². The summed E-state index contributed by atoms with van der Waals surface area (Å²) in [6, 6.07) is 11.1. The fourth-order valence-electron chi connectivity index (χ4n) is 2.51. The number of benzene rings is 2. The monoisotopic (exact) mass is 298 g/mol. The standard InChI is InChI=1S/C16H14N2O4/c1-2-22-13(19)9-18-12-8-7-10-5-3-4-6-11(10)14(12)17-15(20)16(18)21/h3-8H,2,9H2,1H3,(H,17,20). The van der Waals surface area contributed by atoms with Crippen LogP contribution in [-0.2, 0) is 16.1 Å². The number of carbonyl (C=O) groups is 1. The number of aromatic nitrogens is 2. The maximum Gasteiger partial charge on any atom is 0.326 e. The molecule has 0 saturated heterocycles. The lowest BCUT2D eigenvalue weighted by molar-refractivity contribution is -0.143. The highest BCUT2D eigenvalue weighted by molar-refractivity contribution is 6.03. The summed E-state index contributed by atoms with van der Waals surface area (Å²) in [5.41, 5.74) is -0.493. The van der Waals surface area contributed by atoms with Gasteiger partial charge in [-0.2, -0.15) is 0 Å². The molecule has 1 aromatic heterocycles. The molecule has 1 heterocycles. The number of esters is 1. The van der Waals surface area contributed by atoms with Crippen LogP contribution in [0.3, 0.4) is 0 Å². The zero-order valence-electron chi connectivity index (χ0n) is 12.0. The van der Waals surface area contributed by atoms with Crippen LogP contribution >= 0.6 is 0 Å². The van der Waals surface area contributed by atoms with Crippen LogP contribution in [-0.4, -0.2) is 22.1 Å². The van der Waals surface area contributed by atoms with Gasteiger partial charge in [-0.1, -0.05) is 30.3 Å². The molecule has 0 aliphatic rings. The summed E-state index contributed by atoms with van der Waals surface area (Å²) in [5, 5.41) is 1.75. The minimum Gasteiger partial charge on any atom is -0.465 e. The van der Waals surface area contributed by atoms with Gasteiger partial charge in [-0.15, -0.1) is 0 Å². The third-order valence-electron chi connectivity index (χ3n) is 3.47. The van der Waals surface area contributed by atoms with Crippen molar-refractivity contribution in [1.29, 1.82) is 0 Å². The molecule has 6 heteroatoms. The molecule has 0 radical (unpaired) electrons. The predicted molar refractivity (Wildman–Crippen MR) is 83.0 cm³/mol. The number of hydrogen-bond acceptors (Lipinski definition) is 4. The van der Waals surface area contributed by atoms with Crippen LogP contribution in [0.5, 0.6) is 0 Å². The van der Waals surface area contributed by atoms with Crippen molar-refractivity contribution < 1.29 is 9.53 Å². The van der Waals surface area contributed by atoms with Crippen molar-refractivity contribution in [2.45, 2.75) is 13.5 Å². The Morgan fingerprint density at radius 3 is 2.73 bits per heavy atom. The van der Waals surface area contributed by atoms with Gasteiger partial charge in [0.15, 0.2) is 0 Å². The van der Waals surface area contributed by atoms with Crippen molar-refractivity contribution >= 4 is 27.8 Å². The Bertz CT molecular complexity index is 985. The van der Waals surface area contributed by atoms with E-state index in [0.29, 0.717) is 11.0 Å². The van der Waals surface area contributed by atoms with E-state index in [-0.39, 0.29) is 13.2 Å². The van der Waals surface area contributed by atoms with Gasteiger partial charge in [0.1, 0.15) is 6.54 Å². The average Bonchev–Trinajstić information content (AvgIpc) is 2.52. The molecule has 0 fully saturated rings.